The number of pyridine rings is 2. The lowest BCUT2D eigenvalue weighted by atomic mass is 10.2. The number of aromatic nitrogens is 2. The minimum Gasteiger partial charge on any atom is -0.384 e. The number of aliphatic imine (C=N–C) groups is 1. The van der Waals surface area contributed by atoms with Crippen molar-refractivity contribution in [3.63, 3.8) is 0 Å². The van der Waals surface area contributed by atoms with Gasteiger partial charge in [0.2, 0.25) is 0 Å². The van der Waals surface area contributed by atoms with Crippen LogP contribution in [0.3, 0.4) is 0 Å². The van der Waals surface area contributed by atoms with E-state index in [0.717, 1.165) is 15.5 Å². The molecule has 0 aromatic carbocycles. The standard InChI is InChI=1S/C16H17N5S/c1-2-14(17)19-9-5-6-12-10-13(11-21-16(12)18)22-15-7-3-4-8-20-15/h2-11H,17H2,1H3,(H2,18,21)/b6-5-,14-2+,19-9-. The Morgan fingerprint density at radius 1 is 1.32 bits per heavy atom. The molecule has 0 saturated carbocycles. The fourth-order valence-corrected chi connectivity index (χ4v) is 2.33. The highest BCUT2D eigenvalue weighted by molar-refractivity contribution is 7.99. The van der Waals surface area contributed by atoms with Gasteiger partial charge in [-0.15, -0.1) is 0 Å². The van der Waals surface area contributed by atoms with Crippen molar-refractivity contribution in [2.75, 3.05) is 5.73 Å². The van der Waals surface area contributed by atoms with Gasteiger partial charge < -0.3 is 11.5 Å². The Morgan fingerprint density at radius 3 is 2.91 bits per heavy atom. The second-order valence-electron chi connectivity index (χ2n) is 4.27. The van der Waals surface area contributed by atoms with Gasteiger partial charge in [0, 0.05) is 29.1 Å². The molecule has 2 aromatic heterocycles. The summed E-state index contributed by atoms with van der Waals surface area (Å²) in [5, 5.41) is 0.909. The molecular weight excluding hydrogens is 294 g/mol. The third-order valence-corrected chi connectivity index (χ3v) is 3.58. The maximum absolute atomic E-state index is 5.88. The Kier molecular flexibility index (Phi) is 5.73. The van der Waals surface area contributed by atoms with Crippen LogP contribution in [-0.4, -0.2) is 16.2 Å². The van der Waals surface area contributed by atoms with Crippen LogP contribution in [-0.2, 0) is 0 Å². The zero-order valence-electron chi connectivity index (χ0n) is 12.2. The molecule has 6 heteroatoms. The second-order valence-corrected chi connectivity index (χ2v) is 5.36. The maximum atomic E-state index is 5.88. The van der Waals surface area contributed by atoms with Crippen molar-refractivity contribution >= 4 is 29.9 Å². The van der Waals surface area contributed by atoms with E-state index < -0.39 is 0 Å². The van der Waals surface area contributed by atoms with E-state index in [1.54, 1.807) is 30.8 Å². The summed E-state index contributed by atoms with van der Waals surface area (Å²) < 4.78 is 0. The van der Waals surface area contributed by atoms with Crippen LogP contribution >= 0.6 is 11.8 Å². The van der Waals surface area contributed by atoms with Gasteiger partial charge in [0.05, 0.1) is 0 Å². The summed E-state index contributed by atoms with van der Waals surface area (Å²) in [7, 11) is 0. The van der Waals surface area contributed by atoms with Crippen molar-refractivity contribution < 1.29 is 0 Å². The highest BCUT2D eigenvalue weighted by Gasteiger charge is 2.02. The number of nitrogens with two attached hydrogens (primary N) is 2. The van der Waals surface area contributed by atoms with Gasteiger partial charge in [-0.25, -0.2) is 15.0 Å². The second kappa shape index (κ2) is 7.99. The Labute approximate surface area is 133 Å². The van der Waals surface area contributed by atoms with Gasteiger partial charge in [0.25, 0.3) is 0 Å². The van der Waals surface area contributed by atoms with E-state index in [9.17, 15) is 0 Å². The molecule has 0 spiro atoms. The monoisotopic (exact) mass is 311 g/mol. The minimum atomic E-state index is 0.467. The van der Waals surface area contributed by atoms with Crippen LogP contribution in [0, 0.1) is 0 Å². The molecule has 4 N–H and O–H groups in total. The van der Waals surface area contributed by atoms with Crippen molar-refractivity contribution in [2.45, 2.75) is 16.8 Å². The van der Waals surface area contributed by atoms with Crippen LogP contribution in [0.15, 0.2) is 69.5 Å². The molecule has 0 amide bonds. The molecule has 0 aliphatic rings. The van der Waals surface area contributed by atoms with Crippen LogP contribution in [0.25, 0.3) is 6.08 Å². The summed E-state index contributed by atoms with van der Waals surface area (Å²) in [6.45, 7) is 1.83. The average Bonchev–Trinajstić information content (AvgIpc) is 2.55. The maximum Gasteiger partial charge on any atom is 0.130 e. The molecule has 112 valence electrons. The van der Waals surface area contributed by atoms with Crippen molar-refractivity contribution in [1.82, 2.24) is 9.97 Å². The number of allylic oxidation sites excluding steroid dienone is 2. The van der Waals surface area contributed by atoms with E-state index in [0.29, 0.717) is 11.6 Å². The molecular formula is C16H17N5S. The Hall–Kier alpha value is -2.60. The topological polar surface area (TPSA) is 90.2 Å². The van der Waals surface area contributed by atoms with Gasteiger partial charge in [-0.05, 0) is 43.4 Å². The number of anilines is 1. The van der Waals surface area contributed by atoms with E-state index in [-0.39, 0.29) is 0 Å². The third kappa shape index (κ3) is 4.75. The molecule has 5 nitrogen and oxygen atoms in total. The number of rotatable bonds is 5. The Morgan fingerprint density at radius 2 is 2.18 bits per heavy atom. The molecule has 2 heterocycles. The average molecular weight is 311 g/mol. The molecule has 0 radical (unpaired) electrons. The van der Waals surface area contributed by atoms with E-state index >= 15 is 0 Å². The SMILES string of the molecule is C/C=C(N)/N=C\C=C/c1cc(Sc2ccccn2)cnc1N. The first-order valence-corrected chi connectivity index (χ1v) is 7.47. The van der Waals surface area contributed by atoms with E-state index in [4.69, 9.17) is 11.5 Å². The molecule has 0 saturated heterocycles. The van der Waals surface area contributed by atoms with E-state index in [1.807, 2.05) is 37.3 Å². The number of nitrogens with zero attached hydrogens (tertiary/aromatic N) is 3. The predicted octanol–water partition coefficient (Wildman–Crippen LogP) is 3.11. The van der Waals surface area contributed by atoms with Crippen LogP contribution in [0.4, 0.5) is 5.82 Å². The fourth-order valence-electron chi connectivity index (χ4n) is 1.54. The summed E-state index contributed by atoms with van der Waals surface area (Å²) in [4.78, 5) is 13.5. The molecule has 2 rings (SSSR count). The summed E-state index contributed by atoms with van der Waals surface area (Å²) in [5.74, 6) is 0.934. The predicted molar refractivity (Wildman–Crippen MR) is 92.5 cm³/mol. The van der Waals surface area contributed by atoms with Crippen molar-refractivity contribution in [3.05, 3.63) is 60.2 Å². The Balaban J connectivity index is 2.13. The molecule has 0 aliphatic carbocycles. The Bertz CT molecular complexity index is 708. The van der Waals surface area contributed by atoms with Gasteiger partial charge in [-0.3, -0.25) is 0 Å². The lowest BCUT2D eigenvalue weighted by Crippen LogP contribution is -1.94. The van der Waals surface area contributed by atoms with Crippen LogP contribution in [0.5, 0.6) is 0 Å². The smallest absolute Gasteiger partial charge is 0.130 e. The normalized spacial score (nSPS) is 12.3. The number of hydrogen-bond donors (Lipinski definition) is 2. The molecule has 0 unspecified atom stereocenters. The summed E-state index contributed by atoms with van der Waals surface area (Å²) in [6.07, 6.45) is 10.5. The number of hydrogen-bond acceptors (Lipinski definition) is 6. The van der Waals surface area contributed by atoms with Crippen LogP contribution < -0.4 is 11.5 Å². The van der Waals surface area contributed by atoms with E-state index in [1.165, 1.54) is 11.8 Å². The molecule has 2 aromatic rings. The lowest BCUT2D eigenvalue weighted by Gasteiger charge is -2.04. The fraction of sp³-hybridized carbons (Fsp3) is 0.0625. The van der Waals surface area contributed by atoms with Crippen molar-refractivity contribution in [3.8, 4) is 0 Å². The zero-order chi connectivity index (χ0) is 15.8. The van der Waals surface area contributed by atoms with Gasteiger partial charge in [-0.2, -0.15) is 0 Å². The van der Waals surface area contributed by atoms with Gasteiger partial charge in [0.1, 0.15) is 16.7 Å². The lowest BCUT2D eigenvalue weighted by molar-refractivity contribution is 1.13. The first-order chi connectivity index (χ1) is 10.7. The van der Waals surface area contributed by atoms with Crippen molar-refractivity contribution in [1.29, 1.82) is 0 Å². The van der Waals surface area contributed by atoms with E-state index in [2.05, 4.69) is 15.0 Å². The quantitative estimate of drug-likeness (QED) is 0.828. The highest BCUT2D eigenvalue weighted by atomic mass is 32.2. The van der Waals surface area contributed by atoms with Gasteiger partial charge in [-0.1, -0.05) is 17.8 Å². The summed E-state index contributed by atoms with van der Waals surface area (Å²) >= 11 is 1.53. The molecule has 22 heavy (non-hydrogen) atoms. The van der Waals surface area contributed by atoms with Crippen LogP contribution in [0.2, 0.25) is 0 Å². The van der Waals surface area contributed by atoms with Gasteiger partial charge in [0.15, 0.2) is 0 Å². The molecule has 0 atom stereocenters. The first kappa shape index (κ1) is 15.8. The van der Waals surface area contributed by atoms with Gasteiger partial charge >= 0.3 is 0 Å². The molecule has 0 bridgehead atoms. The van der Waals surface area contributed by atoms with Crippen LogP contribution in [0.1, 0.15) is 12.5 Å². The first-order valence-electron chi connectivity index (χ1n) is 6.66. The largest absolute Gasteiger partial charge is 0.384 e. The zero-order valence-corrected chi connectivity index (χ0v) is 13.0. The molecule has 0 fully saturated rings. The third-order valence-electron chi connectivity index (χ3n) is 2.67. The summed E-state index contributed by atoms with van der Waals surface area (Å²) in [5.41, 5.74) is 12.3. The summed E-state index contributed by atoms with van der Waals surface area (Å²) in [6, 6.07) is 7.74. The van der Waals surface area contributed by atoms with Crippen molar-refractivity contribution in [2.24, 2.45) is 10.7 Å². The minimum absolute atomic E-state index is 0.467. The number of nitrogen functional groups attached to an aromatic ring is 1. The highest BCUT2D eigenvalue weighted by Crippen LogP contribution is 2.27. The molecule has 0 aliphatic heterocycles.